The second-order valence-corrected chi connectivity index (χ2v) is 4.06. The zero-order valence-corrected chi connectivity index (χ0v) is 10.2. The van der Waals surface area contributed by atoms with E-state index in [1.165, 1.54) is 0 Å². The van der Waals surface area contributed by atoms with Gasteiger partial charge in [0.15, 0.2) is 0 Å². The van der Waals surface area contributed by atoms with E-state index < -0.39 is 0 Å². The van der Waals surface area contributed by atoms with Crippen molar-refractivity contribution < 1.29 is 4.92 Å². The first-order valence-corrected chi connectivity index (χ1v) is 5.94. The molecule has 0 aliphatic carbocycles. The molecule has 1 aromatic heterocycles. The standard InChI is InChI=1S/C13H15N3O2/c1-2-13-14-8-10-15(13)9-7-11-3-5-12(6-4-11)16(17)18/h3-6,8,10H,2,7,9H2,1H3. The van der Waals surface area contributed by atoms with E-state index in [1.807, 2.05) is 6.20 Å². The molecule has 0 aliphatic heterocycles. The maximum Gasteiger partial charge on any atom is 0.269 e. The van der Waals surface area contributed by atoms with Crippen molar-refractivity contribution in [3.8, 4) is 0 Å². The van der Waals surface area contributed by atoms with Gasteiger partial charge >= 0.3 is 0 Å². The summed E-state index contributed by atoms with van der Waals surface area (Å²) in [6, 6.07) is 6.70. The average molecular weight is 245 g/mol. The molecule has 0 N–H and O–H groups in total. The molecule has 1 heterocycles. The zero-order chi connectivity index (χ0) is 13.0. The molecular weight excluding hydrogens is 230 g/mol. The Morgan fingerprint density at radius 3 is 2.67 bits per heavy atom. The van der Waals surface area contributed by atoms with Crippen molar-refractivity contribution in [3.05, 3.63) is 58.2 Å². The van der Waals surface area contributed by atoms with Crippen LogP contribution in [0.3, 0.4) is 0 Å². The van der Waals surface area contributed by atoms with E-state index >= 15 is 0 Å². The average Bonchev–Trinajstić information content (AvgIpc) is 2.84. The summed E-state index contributed by atoms with van der Waals surface area (Å²) < 4.78 is 2.11. The SMILES string of the molecule is CCc1nccn1CCc1ccc([N+](=O)[O-])cc1. The summed E-state index contributed by atoms with van der Waals surface area (Å²) in [7, 11) is 0. The fourth-order valence-electron chi connectivity index (χ4n) is 1.89. The molecular formula is C13H15N3O2. The second kappa shape index (κ2) is 5.44. The Morgan fingerprint density at radius 2 is 2.06 bits per heavy atom. The van der Waals surface area contributed by atoms with Gasteiger partial charge in [0.2, 0.25) is 0 Å². The Hall–Kier alpha value is -2.17. The minimum Gasteiger partial charge on any atom is -0.335 e. The largest absolute Gasteiger partial charge is 0.335 e. The lowest BCUT2D eigenvalue weighted by Crippen LogP contribution is -2.04. The van der Waals surface area contributed by atoms with Crippen LogP contribution in [0.1, 0.15) is 18.3 Å². The minimum atomic E-state index is -0.380. The van der Waals surface area contributed by atoms with Gasteiger partial charge in [-0.05, 0) is 12.0 Å². The molecule has 0 aliphatic rings. The molecule has 0 saturated carbocycles. The van der Waals surface area contributed by atoms with Crippen LogP contribution in [0.4, 0.5) is 5.69 Å². The van der Waals surface area contributed by atoms with Crippen LogP contribution in [0.15, 0.2) is 36.7 Å². The summed E-state index contributed by atoms with van der Waals surface area (Å²) in [6.45, 7) is 2.92. The lowest BCUT2D eigenvalue weighted by Gasteiger charge is -2.06. The van der Waals surface area contributed by atoms with E-state index in [2.05, 4.69) is 16.5 Å². The number of benzene rings is 1. The first kappa shape index (κ1) is 12.3. The molecule has 2 rings (SSSR count). The van der Waals surface area contributed by atoms with Gasteiger partial charge in [0, 0.05) is 37.5 Å². The molecule has 0 unspecified atom stereocenters. The van der Waals surface area contributed by atoms with Crippen LogP contribution in [-0.4, -0.2) is 14.5 Å². The fraction of sp³-hybridized carbons (Fsp3) is 0.308. The molecule has 0 atom stereocenters. The van der Waals surface area contributed by atoms with Gasteiger partial charge in [-0.2, -0.15) is 0 Å². The summed E-state index contributed by atoms with van der Waals surface area (Å²) in [6.07, 6.45) is 5.52. The molecule has 0 bridgehead atoms. The Kier molecular flexibility index (Phi) is 3.72. The molecule has 0 fully saturated rings. The number of hydrogen-bond acceptors (Lipinski definition) is 3. The van der Waals surface area contributed by atoms with E-state index in [-0.39, 0.29) is 10.6 Å². The van der Waals surface area contributed by atoms with E-state index in [0.29, 0.717) is 0 Å². The maximum absolute atomic E-state index is 10.5. The highest BCUT2D eigenvalue weighted by atomic mass is 16.6. The van der Waals surface area contributed by atoms with Gasteiger partial charge in [-0.1, -0.05) is 19.1 Å². The van der Waals surface area contributed by atoms with Crippen molar-refractivity contribution in [1.82, 2.24) is 9.55 Å². The highest BCUT2D eigenvalue weighted by Crippen LogP contribution is 2.13. The molecule has 5 heteroatoms. The number of hydrogen-bond donors (Lipinski definition) is 0. The van der Waals surface area contributed by atoms with Gasteiger partial charge in [0.25, 0.3) is 5.69 Å². The number of nitro benzene ring substituents is 1. The third-order valence-electron chi connectivity index (χ3n) is 2.91. The third kappa shape index (κ3) is 2.74. The van der Waals surface area contributed by atoms with Crippen molar-refractivity contribution in [2.24, 2.45) is 0 Å². The Morgan fingerprint density at radius 1 is 1.33 bits per heavy atom. The number of imidazole rings is 1. The van der Waals surface area contributed by atoms with Gasteiger partial charge in [0.1, 0.15) is 5.82 Å². The summed E-state index contributed by atoms with van der Waals surface area (Å²) in [5.74, 6) is 1.07. The van der Waals surface area contributed by atoms with E-state index in [0.717, 1.165) is 30.8 Å². The predicted octanol–water partition coefficient (Wildman–Crippen LogP) is 2.60. The number of aromatic nitrogens is 2. The smallest absolute Gasteiger partial charge is 0.269 e. The minimum absolute atomic E-state index is 0.135. The van der Waals surface area contributed by atoms with Crippen LogP contribution in [0.2, 0.25) is 0 Å². The lowest BCUT2D eigenvalue weighted by molar-refractivity contribution is -0.384. The quantitative estimate of drug-likeness (QED) is 0.601. The molecule has 1 aromatic carbocycles. The van der Waals surface area contributed by atoms with Crippen LogP contribution < -0.4 is 0 Å². The highest BCUT2D eigenvalue weighted by molar-refractivity contribution is 5.32. The molecule has 2 aromatic rings. The Bertz CT molecular complexity index is 531. The number of nitrogens with zero attached hydrogens (tertiary/aromatic N) is 3. The van der Waals surface area contributed by atoms with Crippen LogP contribution in [-0.2, 0) is 19.4 Å². The number of aryl methyl sites for hydroxylation is 3. The molecule has 0 spiro atoms. The molecule has 94 valence electrons. The topological polar surface area (TPSA) is 61.0 Å². The summed E-state index contributed by atoms with van der Waals surface area (Å²) >= 11 is 0. The predicted molar refractivity (Wildman–Crippen MR) is 68.4 cm³/mol. The van der Waals surface area contributed by atoms with Crippen molar-refractivity contribution in [1.29, 1.82) is 0 Å². The van der Waals surface area contributed by atoms with Gasteiger partial charge in [-0.25, -0.2) is 4.98 Å². The Balaban J connectivity index is 2.00. The molecule has 5 nitrogen and oxygen atoms in total. The zero-order valence-electron chi connectivity index (χ0n) is 10.2. The van der Waals surface area contributed by atoms with Crippen molar-refractivity contribution >= 4 is 5.69 Å². The first-order chi connectivity index (χ1) is 8.70. The van der Waals surface area contributed by atoms with Gasteiger partial charge in [-0.3, -0.25) is 10.1 Å². The molecule has 0 saturated heterocycles. The van der Waals surface area contributed by atoms with Crippen molar-refractivity contribution in [2.45, 2.75) is 26.3 Å². The first-order valence-electron chi connectivity index (χ1n) is 5.94. The van der Waals surface area contributed by atoms with Crippen molar-refractivity contribution in [3.63, 3.8) is 0 Å². The normalized spacial score (nSPS) is 10.5. The molecule has 0 radical (unpaired) electrons. The summed E-state index contributed by atoms with van der Waals surface area (Å²) in [5, 5.41) is 10.5. The summed E-state index contributed by atoms with van der Waals surface area (Å²) in [4.78, 5) is 14.4. The highest BCUT2D eigenvalue weighted by Gasteiger charge is 2.04. The fourth-order valence-corrected chi connectivity index (χ4v) is 1.89. The number of rotatable bonds is 5. The molecule has 18 heavy (non-hydrogen) atoms. The van der Waals surface area contributed by atoms with E-state index in [4.69, 9.17) is 0 Å². The van der Waals surface area contributed by atoms with Crippen LogP contribution in [0, 0.1) is 10.1 Å². The summed E-state index contributed by atoms with van der Waals surface area (Å²) in [5.41, 5.74) is 1.23. The van der Waals surface area contributed by atoms with Gasteiger partial charge in [-0.15, -0.1) is 0 Å². The van der Waals surface area contributed by atoms with Gasteiger partial charge < -0.3 is 4.57 Å². The lowest BCUT2D eigenvalue weighted by atomic mass is 10.1. The van der Waals surface area contributed by atoms with E-state index in [9.17, 15) is 10.1 Å². The van der Waals surface area contributed by atoms with E-state index in [1.54, 1.807) is 30.5 Å². The monoisotopic (exact) mass is 245 g/mol. The number of non-ortho nitro benzene ring substituents is 1. The maximum atomic E-state index is 10.5. The third-order valence-corrected chi connectivity index (χ3v) is 2.91. The van der Waals surface area contributed by atoms with Crippen LogP contribution in [0.5, 0.6) is 0 Å². The number of nitro groups is 1. The van der Waals surface area contributed by atoms with Gasteiger partial charge in [0.05, 0.1) is 4.92 Å². The van der Waals surface area contributed by atoms with Crippen LogP contribution >= 0.6 is 0 Å². The van der Waals surface area contributed by atoms with Crippen LogP contribution in [0.25, 0.3) is 0 Å². The molecule has 0 amide bonds. The van der Waals surface area contributed by atoms with Crippen molar-refractivity contribution in [2.75, 3.05) is 0 Å². The Labute approximate surface area is 105 Å². The second-order valence-electron chi connectivity index (χ2n) is 4.06.